The van der Waals surface area contributed by atoms with Crippen LogP contribution in [0, 0.1) is 18.8 Å². The number of piperidine rings is 1. The zero-order valence-corrected chi connectivity index (χ0v) is 15.7. The van der Waals surface area contributed by atoms with Crippen LogP contribution in [0.2, 0.25) is 0 Å². The standard InChI is InChI=1S/C22H29N3O/c1-15-3-2-4-18-9-19(14-26)22(23-21(15)18)25-12-17-7-8-20(13-25)24(11-17)10-16-5-6-16/h2-4,9,16-17,20,26H,5-8,10-14H2,1H3/t17-,20-/m0/s1. The maximum absolute atomic E-state index is 10.00. The van der Waals surface area contributed by atoms with Crippen molar-refractivity contribution >= 4 is 16.7 Å². The second kappa shape index (κ2) is 6.50. The lowest BCUT2D eigenvalue weighted by molar-refractivity contribution is 0.128. The first-order chi connectivity index (χ1) is 12.7. The summed E-state index contributed by atoms with van der Waals surface area (Å²) in [5, 5.41) is 11.1. The molecule has 6 rings (SSSR count). The van der Waals surface area contributed by atoms with Crippen molar-refractivity contribution in [2.75, 3.05) is 31.1 Å². The Morgan fingerprint density at radius 3 is 2.81 bits per heavy atom. The molecule has 1 N–H and O–H groups in total. The average Bonchev–Trinajstić information content (AvgIpc) is 3.49. The first-order valence-corrected chi connectivity index (χ1v) is 10.2. The van der Waals surface area contributed by atoms with Gasteiger partial charge in [0, 0.05) is 43.2 Å². The molecule has 1 aliphatic carbocycles. The predicted octanol–water partition coefficient (Wildman–Crippen LogP) is 3.35. The van der Waals surface area contributed by atoms with Gasteiger partial charge in [-0.3, -0.25) is 4.90 Å². The van der Waals surface area contributed by atoms with E-state index in [1.54, 1.807) is 0 Å². The summed E-state index contributed by atoms with van der Waals surface area (Å²) in [6.45, 7) is 6.87. The van der Waals surface area contributed by atoms with Gasteiger partial charge in [0.25, 0.3) is 0 Å². The molecular formula is C22H29N3O. The topological polar surface area (TPSA) is 39.6 Å². The highest BCUT2D eigenvalue weighted by molar-refractivity contribution is 5.84. The van der Waals surface area contributed by atoms with Crippen LogP contribution in [-0.2, 0) is 6.61 Å². The second-order valence-corrected chi connectivity index (χ2v) is 8.68. The highest BCUT2D eigenvalue weighted by atomic mass is 16.3. The maximum atomic E-state index is 10.00. The summed E-state index contributed by atoms with van der Waals surface area (Å²) in [6.07, 6.45) is 5.51. The molecule has 0 amide bonds. The molecule has 3 saturated heterocycles. The number of aromatic nitrogens is 1. The summed E-state index contributed by atoms with van der Waals surface area (Å²) >= 11 is 0. The number of rotatable bonds is 4. The molecule has 138 valence electrons. The number of para-hydroxylation sites is 1. The lowest BCUT2D eigenvalue weighted by Crippen LogP contribution is -2.44. The fourth-order valence-corrected chi connectivity index (χ4v) is 4.98. The van der Waals surface area contributed by atoms with Crippen molar-refractivity contribution in [1.82, 2.24) is 9.88 Å². The molecule has 2 aromatic rings. The summed E-state index contributed by atoms with van der Waals surface area (Å²) in [7, 11) is 0. The number of aryl methyl sites for hydroxylation is 1. The first kappa shape index (κ1) is 16.5. The van der Waals surface area contributed by atoms with Gasteiger partial charge in [-0.1, -0.05) is 18.2 Å². The Labute approximate surface area is 155 Å². The third-order valence-electron chi connectivity index (χ3n) is 6.59. The minimum absolute atomic E-state index is 0.0594. The molecule has 4 heteroatoms. The van der Waals surface area contributed by atoms with Crippen LogP contribution in [0.3, 0.4) is 0 Å². The minimum Gasteiger partial charge on any atom is -0.392 e. The third-order valence-corrected chi connectivity index (χ3v) is 6.59. The van der Waals surface area contributed by atoms with Gasteiger partial charge in [0.1, 0.15) is 5.82 Å². The number of fused-ring (bicyclic) bond motifs is 5. The predicted molar refractivity (Wildman–Crippen MR) is 105 cm³/mol. The molecule has 4 heterocycles. The highest BCUT2D eigenvalue weighted by Crippen LogP contribution is 2.36. The number of hydrogen-bond donors (Lipinski definition) is 1. The van der Waals surface area contributed by atoms with Crippen molar-refractivity contribution in [3.8, 4) is 0 Å². The summed E-state index contributed by atoms with van der Waals surface area (Å²) in [5.41, 5.74) is 3.26. The molecular weight excluding hydrogens is 322 g/mol. The summed E-state index contributed by atoms with van der Waals surface area (Å²) in [4.78, 5) is 10.3. The van der Waals surface area contributed by atoms with Gasteiger partial charge in [0.2, 0.25) is 0 Å². The van der Waals surface area contributed by atoms with E-state index in [1.165, 1.54) is 44.3 Å². The minimum atomic E-state index is 0.0594. The fraction of sp³-hybridized carbons (Fsp3) is 0.591. The number of aliphatic hydroxyl groups is 1. The van der Waals surface area contributed by atoms with E-state index in [9.17, 15) is 5.11 Å². The van der Waals surface area contributed by atoms with Crippen LogP contribution in [0.25, 0.3) is 10.9 Å². The number of pyridine rings is 1. The van der Waals surface area contributed by atoms with Gasteiger partial charge in [-0.2, -0.15) is 0 Å². The van der Waals surface area contributed by atoms with Crippen LogP contribution in [0.5, 0.6) is 0 Å². The van der Waals surface area contributed by atoms with E-state index >= 15 is 0 Å². The molecule has 0 spiro atoms. The Kier molecular flexibility index (Phi) is 4.13. The van der Waals surface area contributed by atoms with E-state index in [0.717, 1.165) is 47.2 Å². The Balaban J connectivity index is 1.49. The Hall–Kier alpha value is -1.65. The highest BCUT2D eigenvalue weighted by Gasteiger charge is 2.38. The van der Waals surface area contributed by atoms with E-state index < -0.39 is 0 Å². The number of nitrogens with zero attached hydrogens (tertiary/aromatic N) is 3. The Bertz CT molecular complexity index is 816. The zero-order chi connectivity index (χ0) is 17.7. The van der Waals surface area contributed by atoms with E-state index in [2.05, 4.69) is 41.0 Å². The van der Waals surface area contributed by atoms with E-state index in [4.69, 9.17) is 4.98 Å². The van der Waals surface area contributed by atoms with Crippen molar-refractivity contribution in [1.29, 1.82) is 0 Å². The van der Waals surface area contributed by atoms with Gasteiger partial charge in [-0.05, 0) is 56.1 Å². The molecule has 26 heavy (non-hydrogen) atoms. The van der Waals surface area contributed by atoms with Crippen LogP contribution in [0.4, 0.5) is 5.82 Å². The monoisotopic (exact) mass is 351 g/mol. The quantitative estimate of drug-likeness (QED) is 0.917. The average molecular weight is 351 g/mol. The fourth-order valence-electron chi connectivity index (χ4n) is 4.98. The molecule has 4 fully saturated rings. The number of anilines is 1. The molecule has 4 nitrogen and oxygen atoms in total. The third kappa shape index (κ3) is 2.99. The maximum Gasteiger partial charge on any atom is 0.134 e. The van der Waals surface area contributed by atoms with Gasteiger partial charge >= 0.3 is 0 Å². The molecule has 1 aromatic heterocycles. The molecule has 1 saturated carbocycles. The molecule has 2 atom stereocenters. The van der Waals surface area contributed by atoms with Gasteiger partial charge < -0.3 is 10.0 Å². The van der Waals surface area contributed by atoms with Crippen LogP contribution in [-0.4, -0.2) is 47.2 Å². The molecule has 3 aliphatic heterocycles. The molecule has 0 radical (unpaired) electrons. The number of benzene rings is 1. The normalized spacial score (nSPS) is 26.5. The summed E-state index contributed by atoms with van der Waals surface area (Å²) in [6, 6.07) is 9.08. The van der Waals surface area contributed by atoms with Crippen LogP contribution >= 0.6 is 0 Å². The van der Waals surface area contributed by atoms with Crippen LogP contribution < -0.4 is 4.90 Å². The Morgan fingerprint density at radius 1 is 1.12 bits per heavy atom. The van der Waals surface area contributed by atoms with E-state index in [-0.39, 0.29) is 6.61 Å². The van der Waals surface area contributed by atoms with Gasteiger partial charge in [-0.15, -0.1) is 0 Å². The number of aliphatic hydroxyl groups excluding tert-OH is 1. The lowest BCUT2D eigenvalue weighted by Gasteiger charge is -2.36. The van der Waals surface area contributed by atoms with E-state index in [0.29, 0.717) is 6.04 Å². The largest absolute Gasteiger partial charge is 0.392 e. The van der Waals surface area contributed by atoms with Crippen molar-refractivity contribution in [2.45, 2.75) is 45.3 Å². The second-order valence-electron chi connectivity index (χ2n) is 8.68. The Morgan fingerprint density at radius 2 is 2.00 bits per heavy atom. The van der Waals surface area contributed by atoms with Crippen molar-refractivity contribution in [3.63, 3.8) is 0 Å². The smallest absolute Gasteiger partial charge is 0.134 e. The lowest BCUT2D eigenvalue weighted by atomic mass is 9.95. The van der Waals surface area contributed by atoms with Crippen molar-refractivity contribution in [2.24, 2.45) is 11.8 Å². The van der Waals surface area contributed by atoms with Crippen molar-refractivity contribution in [3.05, 3.63) is 35.4 Å². The molecule has 0 unspecified atom stereocenters. The zero-order valence-electron chi connectivity index (χ0n) is 15.7. The number of hydrogen-bond acceptors (Lipinski definition) is 4. The summed E-state index contributed by atoms with van der Waals surface area (Å²) < 4.78 is 0. The molecule has 1 aromatic carbocycles. The van der Waals surface area contributed by atoms with Gasteiger partial charge in [0.15, 0.2) is 0 Å². The van der Waals surface area contributed by atoms with Crippen molar-refractivity contribution < 1.29 is 5.11 Å². The summed E-state index contributed by atoms with van der Waals surface area (Å²) in [5.74, 6) is 2.70. The van der Waals surface area contributed by atoms with E-state index in [1.807, 2.05) is 0 Å². The molecule has 4 aliphatic rings. The first-order valence-electron chi connectivity index (χ1n) is 10.2. The van der Waals surface area contributed by atoms with Gasteiger partial charge in [-0.25, -0.2) is 4.98 Å². The van der Waals surface area contributed by atoms with Crippen LogP contribution in [0.15, 0.2) is 24.3 Å². The van der Waals surface area contributed by atoms with Gasteiger partial charge in [0.05, 0.1) is 12.1 Å². The molecule has 2 bridgehead atoms. The SMILES string of the molecule is Cc1cccc2cc(CO)c(N3C[C@H]4CC[C@@H](C3)N(CC3CC3)C4)nc12. The van der Waals surface area contributed by atoms with Crippen LogP contribution in [0.1, 0.15) is 36.8 Å².